The number of likely N-dealkylation sites (tertiary alicyclic amines) is 1. The second-order valence-electron chi connectivity index (χ2n) is 6.19. The Hall–Kier alpha value is -3.00. The molecule has 6 nitrogen and oxygen atoms in total. The smallest absolute Gasteiger partial charge is 0.260 e. The number of carbonyl (C=O) groups is 2. The maximum Gasteiger partial charge on any atom is 0.260 e. The lowest BCUT2D eigenvalue weighted by Crippen LogP contribution is -2.55. The highest BCUT2D eigenvalue weighted by atomic mass is 32.1. The molecule has 0 aliphatic carbocycles. The summed E-state index contributed by atoms with van der Waals surface area (Å²) in [4.78, 5) is 30.3. The molecule has 2 aromatic carbocycles. The van der Waals surface area contributed by atoms with Crippen molar-refractivity contribution in [2.24, 2.45) is 5.92 Å². The Morgan fingerprint density at radius 2 is 1.93 bits per heavy atom. The minimum Gasteiger partial charge on any atom is -0.481 e. The van der Waals surface area contributed by atoms with Crippen molar-refractivity contribution in [2.75, 3.05) is 25.0 Å². The van der Waals surface area contributed by atoms with Crippen LogP contribution in [0.5, 0.6) is 5.75 Å². The number of halogens is 1. The van der Waals surface area contributed by atoms with Crippen LogP contribution < -0.4 is 10.1 Å². The monoisotopic (exact) mass is 385 g/mol. The number of ether oxygens (including phenoxy) is 1. The van der Waals surface area contributed by atoms with E-state index >= 15 is 0 Å². The zero-order valence-corrected chi connectivity index (χ0v) is 15.0. The van der Waals surface area contributed by atoms with E-state index in [1.54, 1.807) is 12.1 Å². The Morgan fingerprint density at radius 1 is 1.19 bits per heavy atom. The van der Waals surface area contributed by atoms with Crippen LogP contribution in [0.2, 0.25) is 0 Å². The van der Waals surface area contributed by atoms with E-state index in [0.717, 1.165) is 10.2 Å². The number of para-hydroxylation sites is 2. The third kappa shape index (κ3) is 3.75. The third-order valence-electron chi connectivity index (χ3n) is 4.32. The molecule has 1 saturated heterocycles. The Morgan fingerprint density at radius 3 is 2.70 bits per heavy atom. The van der Waals surface area contributed by atoms with Gasteiger partial charge in [0.1, 0.15) is 0 Å². The van der Waals surface area contributed by atoms with Gasteiger partial charge in [-0.25, -0.2) is 9.37 Å². The highest BCUT2D eigenvalue weighted by molar-refractivity contribution is 7.22. The van der Waals surface area contributed by atoms with Crippen LogP contribution in [0.4, 0.5) is 9.52 Å². The van der Waals surface area contributed by atoms with E-state index in [9.17, 15) is 14.0 Å². The molecule has 1 fully saturated rings. The van der Waals surface area contributed by atoms with Crippen LogP contribution in [0.1, 0.15) is 0 Å². The third-order valence-corrected chi connectivity index (χ3v) is 5.27. The summed E-state index contributed by atoms with van der Waals surface area (Å²) in [6.07, 6.45) is 0. The van der Waals surface area contributed by atoms with Crippen LogP contribution in [0.25, 0.3) is 10.2 Å². The molecule has 4 rings (SSSR count). The molecule has 2 heterocycles. The quantitative estimate of drug-likeness (QED) is 0.733. The summed E-state index contributed by atoms with van der Waals surface area (Å²) in [6, 6.07) is 13.6. The fraction of sp³-hybridized carbons (Fsp3) is 0.211. The number of fused-ring (bicyclic) bond motifs is 1. The Bertz CT molecular complexity index is 968. The fourth-order valence-electron chi connectivity index (χ4n) is 2.77. The maximum absolute atomic E-state index is 13.5. The number of aromatic nitrogens is 1. The lowest BCUT2D eigenvalue weighted by Gasteiger charge is -2.37. The van der Waals surface area contributed by atoms with Crippen molar-refractivity contribution in [3.05, 3.63) is 54.3 Å². The molecule has 0 bridgehead atoms. The molecule has 1 aliphatic heterocycles. The van der Waals surface area contributed by atoms with Crippen LogP contribution in [0.3, 0.4) is 0 Å². The van der Waals surface area contributed by atoms with E-state index in [4.69, 9.17) is 4.74 Å². The van der Waals surface area contributed by atoms with E-state index in [-0.39, 0.29) is 30.1 Å². The van der Waals surface area contributed by atoms with Gasteiger partial charge in [0.15, 0.2) is 23.3 Å². The van der Waals surface area contributed by atoms with Crippen molar-refractivity contribution < 1.29 is 18.7 Å². The van der Waals surface area contributed by atoms with E-state index < -0.39 is 5.82 Å². The second-order valence-corrected chi connectivity index (χ2v) is 7.22. The van der Waals surface area contributed by atoms with Gasteiger partial charge in [0.05, 0.1) is 16.1 Å². The molecule has 0 saturated carbocycles. The normalized spacial score (nSPS) is 14.0. The van der Waals surface area contributed by atoms with Crippen molar-refractivity contribution in [3.63, 3.8) is 0 Å². The summed E-state index contributed by atoms with van der Waals surface area (Å²) in [5.41, 5.74) is 0.841. The van der Waals surface area contributed by atoms with Gasteiger partial charge < -0.3 is 15.0 Å². The number of amides is 2. The first kappa shape index (κ1) is 17.4. The molecule has 0 radical (unpaired) electrons. The van der Waals surface area contributed by atoms with Crippen molar-refractivity contribution in [1.29, 1.82) is 0 Å². The number of hydrogen-bond donors (Lipinski definition) is 1. The van der Waals surface area contributed by atoms with E-state index in [1.807, 2.05) is 24.3 Å². The molecule has 8 heteroatoms. The van der Waals surface area contributed by atoms with Gasteiger partial charge in [-0.1, -0.05) is 35.6 Å². The minimum absolute atomic E-state index is 0.0384. The molecule has 27 heavy (non-hydrogen) atoms. The Balaban J connectivity index is 1.26. The van der Waals surface area contributed by atoms with Gasteiger partial charge in [-0.3, -0.25) is 9.59 Å². The summed E-state index contributed by atoms with van der Waals surface area (Å²) in [6.45, 7) is 0.375. The molecule has 1 N–H and O–H groups in total. The topological polar surface area (TPSA) is 71.5 Å². The van der Waals surface area contributed by atoms with Crippen molar-refractivity contribution in [3.8, 4) is 5.75 Å². The predicted octanol–water partition coefficient (Wildman–Crippen LogP) is 2.91. The van der Waals surface area contributed by atoms with Gasteiger partial charge in [0.2, 0.25) is 5.91 Å². The highest BCUT2D eigenvalue weighted by Crippen LogP contribution is 2.27. The number of anilines is 1. The zero-order chi connectivity index (χ0) is 18.8. The van der Waals surface area contributed by atoms with Gasteiger partial charge in [0, 0.05) is 13.1 Å². The van der Waals surface area contributed by atoms with Crippen LogP contribution in [0, 0.1) is 11.7 Å². The van der Waals surface area contributed by atoms with Crippen molar-refractivity contribution in [1.82, 2.24) is 9.88 Å². The van der Waals surface area contributed by atoms with Gasteiger partial charge >= 0.3 is 0 Å². The molecular formula is C19H16FN3O3S. The first-order chi connectivity index (χ1) is 13.1. The number of carbonyl (C=O) groups excluding carboxylic acids is 2. The van der Waals surface area contributed by atoms with Crippen LogP contribution in [0.15, 0.2) is 48.5 Å². The average molecular weight is 385 g/mol. The standard InChI is InChI=1S/C19H16FN3O3S/c20-13-5-1-3-7-15(13)26-11-17(24)23-9-12(10-23)18(25)22-19-21-14-6-2-4-8-16(14)27-19/h1-8,12H,9-11H2,(H,21,22,25). The van der Waals surface area contributed by atoms with E-state index in [0.29, 0.717) is 18.2 Å². The van der Waals surface area contributed by atoms with E-state index in [2.05, 4.69) is 10.3 Å². The number of thiazole rings is 1. The molecule has 138 valence electrons. The number of benzene rings is 2. The first-order valence-electron chi connectivity index (χ1n) is 8.41. The summed E-state index contributed by atoms with van der Waals surface area (Å²) >= 11 is 1.41. The van der Waals surface area contributed by atoms with Crippen LogP contribution in [-0.2, 0) is 9.59 Å². The minimum atomic E-state index is -0.512. The summed E-state index contributed by atoms with van der Waals surface area (Å²) in [5, 5.41) is 3.36. The largest absolute Gasteiger partial charge is 0.481 e. The molecule has 2 amide bonds. The number of nitrogens with zero attached hydrogens (tertiary/aromatic N) is 2. The zero-order valence-electron chi connectivity index (χ0n) is 14.2. The predicted molar refractivity (Wildman–Crippen MR) is 100 cm³/mol. The second kappa shape index (κ2) is 7.32. The molecule has 3 aromatic rings. The van der Waals surface area contributed by atoms with Gasteiger partial charge in [-0.05, 0) is 24.3 Å². The van der Waals surface area contributed by atoms with Gasteiger partial charge in [0.25, 0.3) is 5.91 Å². The SMILES string of the molecule is O=C(Nc1nc2ccccc2s1)C1CN(C(=O)COc2ccccc2F)C1. The van der Waals surface area contributed by atoms with Crippen molar-refractivity contribution in [2.45, 2.75) is 0 Å². The molecule has 1 aliphatic rings. The molecule has 0 atom stereocenters. The van der Waals surface area contributed by atoms with Crippen LogP contribution in [-0.4, -0.2) is 41.4 Å². The average Bonchev–Trinajstić information content (AvgIpc) is 3.02. The Kier molecular flexibility index (Phi) is 4.72. The molecular weight excluding hydrogens is 369 g/mol. The van der Waals surface area contributed by atoms with Crippen molar-refractivity contribution >= 4 is 38.5 Å². The number of rotatable bonds is 5. The fourth-order valence-corrected chi connectivity index (χ4v) is 3.64. The van der Waals surface area contributed by atoms with Crippen LogP contribution >= 0.6 is 11.3 Å². The number of hydrogen-bond acceptors (Lipinski definition) is 5. The summed E-state index contributed by atoms with van der Waals surface area (Å²) < 4.78 is 19.7. The number of nitrogens with one attached hydrogen (secondary N) is 1. The highest BCUT2D eigenvalue weighted by Gasteiger charge is 2.36. The summed E-state index contributed by atoms with van der Waals surface area (Å²) in [7, 11) is 0. The first-order valence-corrected chi connectivity index (χ1v) is 9.23. The Labute approximate surface area is 158 Å². The van der Waals surface area contributed by atoms with E-state index in [1.165, 1.54) is 28.4 Å². The molecule has 0 spiro atoms. The molecule has 1 aromatic heterocycles. The maximum atomic E-state index is 13.5. The lowest BCUT2D eigenvalue weighted by molar-refractivity contribution is -0.143. The molecule has 0 unspecified atom stereocenters. The lowest BCUT2D eigenvalue weighted by atomic mass is 9.99. The van der Waals surface area contributed by atoms with Gasteiger partial charge in [-0.15, -0.1) is 0 Å². The van der Waals surface area contributed by atoms with Gasteiger partial charge in [-0.2, -0.15) is 0 Å². The summed E-state index contributed by atoms with van der Waals surface area (Å²) in [5.74, 6) is -1.19.